The van der Waals surface area contributed by atoms with Crippen LogP contribution in [0.5, 0.6) is 0 Å². The molecule has 11 aromatic rings. The van der Waals surface area contributed by atoms with Crippen molar-refractivity contribution in [1.29, 1.82) is 0 Å². The first-order valence-corrected chi connectivity index (χ1v) is 22.8. The molecule has 0 radical (unpaired) electrons. The SMILES string of the molecule is CCC(Cc1ccccc1C1C=CC(c2ccc3c4ccccc4n(-c4ccccc4)c3c2)=CC1C)c1cc(-c2ccc3oc4ccccc4c3c2)c2sc3ccccc3c2c1. The number of furan rings is 1. The van der Waals surface area contributed by atoms with Crippen molar-refractivity contribution >= 4 is 80.8 Å². The predicted molar refractivity (Wildman–Crippen MR) is 265 cm³/mol. The number of allylic oxidation sites excluding steroid dienone is 4. The summed E-state index contributed by atoms with van der Waals surface area (Å²) in [6, 6.07) is 64.8. The Labute approximate surface area is 365 Å². The summed E-state index contributed by atoms with van der Waals surface area (Å²) in [5.41, 5.74) is 14.9. The van der Waals surface area contributed by atoms with Crippen LogP contribution in [0.15, 0.2) is 199 Å². The molecule has 0 saturated carbocycles. The minimum Gasteiger partial charge on any atom is -0.456 e. The fourth-order valence-electron chi connectivity index (χ4n) is 10.4. The lowest BCUT2D eigenvalue weighted by molar-refractivity contribution is 0.614. The van der Waals surface area contributed by atoms with Crippen LogP contribution < -0.4 is 0 Å². The van der Waals surface area contributed by atoms with E-state index >= 15 is 0 Å². The molecule has 1 aliphatic rings. The summed E-state index contributed by atoms with van der Waals surface area (Å²) in [7, 11) is 0. The first-order chi connectivity index (χ1) is 30.6. The van der Waals surface area contributed by atoms with E-state index in [0.717, 1.165) is 29.4 Å². The molecule has 12 rings (SSSR count). The Bertz CT molecular complexity index is 3580. The van der Waals surface area contributed by atoms with Gasteiger partial charge in [-0.1, -0.05) is 147 Å². The number of nitrogens with zero attached hydrogens (tertiary/aromatic N) is 1. The molecule has 0 aliphatic heterocycles. The average Bonchev–Trinajstić information content (AvgIpc) is 4.00. The van der Waals surface area contributed by atoms with E-state index < -0.39 is 0 Å². The third-order valence-electron chi connectivity index (χ3n) is 13.5. The van der Waals surface area contributed by atoms with Crippen LogP contribution in [-0.4, -0.2) is 4.57 Å². The van der Waals surface area contributed by atoms with Gasteiger partial charge >= 0.3 is 0 Å². The first-order valence-electron chi connectivity index (χ1n) is 22.0. The van der Waals surface area contributed by atoms with Crippen molar-refractivity contribution in [2.75, 3.05) is 0 Å². The second-order valence-corrected chi connectivity index (χ2v) is 18.2. The smallest absolute Gasteiger partial charge is 0.135 e. The van der Waals surface area contributed by atoms with Crippen molar-refractivity contribution in [2.24, 2.45) is 5.92 Å². The zero-order valence-corrected chi connectivity index (χ0v) is 35.7. The van der Waals surface area contributed by atoms with E-state index in [-0.39, 0.29) is 0 Å². The van der Waals surface area contributed by atoms with Crippen molar-refractivity contribution in [3.05, 3.63) is 216 Å². The Morgan fingerprint density at radius 1 is 0.597 bits per heavy atom. The molecule has 3 aromatic heterocycles. The zero-order chi connectivity index (χ0) is 41.3. The molecule has 0 saturated heterocycles. The van der Waals surface area contributed by atoms with Crippen molar-refractivity contribution in [3.8, 4) is 16.8 Å². The summed E-state index contributed by atoms with van der Waals surface area (Å²) < 4.78 is 11.4. The fraction of sp³-hybridized carbons (Fsp3) is 0.119. The largest absolute Gasteiger partial charge is 0.456 e. The van der Waals surface area contributed by atoms with E-state index in [1.54, 1.807) is 0 Å². The van der Waals surface area contributed by atoms with Gasteiger partial charge in [0.2, 0.25) is 0 Å². The molecule has 8 aromatic carbocycles. The van der Waals surface area contributed by atoms with Gasteiger partial charge in [0.1, 0.15) is 11.2 Å². The van der Waals surface area contributed by atoms with E-state index in [1.807, 2.05) is 17.4 Å². The molecule has 3 heteroatoms. The Morgan fingerprint density at radius 2 is 1.32 bits per heavy atom. The van der Waals surface area contributed by atoms with Crippen LogP contribution >= 0.6 is 11.3 Å². The third kappa shape index (κ3) is 6.06. The molecular weight excluding hydrogens is 771 g/mol. The molecule has 0 amide bonds. The maximum atomic E-state index is 6.26. The van der Waals surface area contributed by atoms with Gasteiger partial charge in [0.05, 0.1) is 11.0 Å². The Balaban J connectivity index is 0.896. The summed E-state index contributed by atoms with van der Waals surface area (Å²) in [6.07, 6.45) is 9.37. The third-order valence-corrected chi connectivity index (χ3v) is 14.8. The summed E-state index contributed by atoms with van der Waals surface area (Å²) >= 11 is 1.91. The zero-order valence-electron chi connectivity index (χ0n) is 34.9. The van der Waals surface area contributed by atoms with Crippen molar-refractivity contribution in [1.82, 2.24) is 4.57 Å². The van der Waals surface area contributed by atoms with Crippen LogP contribution in [0.2, 0.25) is 0 Å². The van der Waals surface area contributed by atoms with Crippen molar-refractivity contribution < 1.29 is 4.42 Å². The Morgan fingerprint density at radius 3 is 2.19 bits per heavy atom. The Hall–Kier alpha value is -6.94. The van der Waals surface area contributed by atoms with E-state index in [2.05, 4.69) is 207 Å². The van der Waals surface area contributed by atoms with Gasteiger partial charge in [-0.2, -0.15) is 0 Å². The number of para-hydroxylation sites is 3. The van der Waals surface area contributed by atoms with Crippen LogP contribution in [0.1, 0.15) is 54.4 Å². The van der Waals surface area contributed by atoms with Crippen LogP contribution in [-0.2, 0) is 6.42 Å². The van der Waals surface area contributed by atoms with Gasteiger partial charge in [0.15, 0.2) is 0 Å². The number of hydrogen-bond donors (Lipinski definition) is 0. The highest BCUT2D eigenvalue weighted by Gasteiger charge is 2.25. The molecule has 0 bridgehead atoms. The molecule has 298 valence electrons. The highest BCUT2D eigenvalue weighted by molar-refractivity contribution is 7.26. The molecule has 3 atom stereocenters. The highest BCUT2D eigenvalue weighted by atomic mass is 32.1. The second kappa shape index (κ2) is 14.9. The second-order valence-electron chi connectivity index (χ2n) is 17.1. The van der Waals surface area contributed by atoms with Gasteiger partial charge in [-0.25, -0.2) is 0 Å². The lowest BCUT2D eigenvalue weighted by Crippen LogP contribution is -2.13. The van der Waals surface area contributed by atoms with E-state index in [1.165, 1.54) is 92.0 Å². The standard InChI is InChI=1S/C59H45NOS/c1-3-38(43-34-51(59-53(35-43)50-21-11-14-24-58(50)62-59)42-27-30-57-52(33-42)49-20-10-13-23-56(49)61-57)32-41-15-7-8-18-46(41)45-28-25-39(31-37(45)2)40-26-29-48-47-19-9-12-22-54(47)60(55(48)36-40)44-16-5-4-6-17-44/h4-31,33-38,45H,3,32H2,1-2H3. The predicted octanol–water partition coefficient (Wildman–Crippen LogP) is 16.8. The number of rotatable bonds is 8. The topological polar surface area (TPSA) is 18.1 Å². The van der Waals surface area contributed by atoms with Gasteiger partial charge in [-0.05, 0) is 124 Å². The van der Waals surface area contributed by atoms with E-state index in [4.69, 9.17) is 4.42 Å². The van der Waals surface area contributed by atoms with Crippen LogP contribution in [0, 0.1) is 5.92 Å². The summed E-state index contributed by atoms with van der Waals surface area (Å²) in [6.45, 7) is 4.75. The van der Waals surface area contributed by atoms with Crippen molar-refractivity contribution in [2.45, 2.75) is 38.5 Å². The van der Waals surface area contributed by atoms with Crippen LogP contribution in [0.25, 0.3) is 86.3 Å². The van der Waals surface area contributed by atoms with Crippen LogP contribution in [0.4, 0.5) is 0 Å². The van der Waals surface area contributed by atoms with E-state index in [0.29, 0.717) is 17.8 Å². The highest BCUT2D eigenvalue weighted by Crippen LogP contribution is 2.45. The molecule has 0 N–H and O–H groups in total. The molecule has 3 unspecified atom stereocenters. The van der Waals surface area contributed by atoms with Gasteiger partial charge in [-0.15, -0.1) is 11.3 Å². The molecule has 0 spiro atoms. The number of hydrogen-bond acceptors (Lipinski definition) is 2. The fourth-order valence-corrected chi connectivity index (χ4v) is 11.6. The number of benzene rings is 8. The molecule has 3 heterocycles. The first kappa shape index (κ1) is 36.9. The molecule has 1 aliphatic carbocycles. The van der Waals surface area contributed by atoms with Gasteiger partial charge in [0, 0.05) is 53.3 Å². The molecular formula is C59H45NOS. The van der Waals surface area contributed by atoms with E-state index in [9.17, 15) is 0 Å². The van der Waals surface area contributed by atoms with Gasteiger partial charge < -0.3 is 8.98 Å². The number of thiophene rings is 1. The lowest BCUT2D eigenvalue weighted by atomic mass is 9.77. The summed E-state index contributed by atoms with van der Waals surface area (Å²) in [5, 5.41) is 7.59. The quantitative estimate of drug-likeness (QED) is 0.149. The van der Waals surface area contributed by atoms with Crippen molar-refractivity contribution in [3.63, 3.8) is 0 Å². The number of fused-ring (bicyclic) bond motifs is 9. The molecule has 0 fully saturated rings. The Kier molecular flexibility index (Phi) is 8.86. The monoisotopic (exact) mass is 815 g/mol. The lowest BCUT2D eigenvalue weighted by Gasteiger charge is -2.27. The molecule has 62 heavy (non-hydrogen) atoms. The summed E-state index contributed by atoms with van der Waals surface area (Å²) in [4.78, 5) is 0. The average molecular weight is 816 g/mol. The van der Waals surface area contributed by atoms with Gasteiger partial charge in [0.25, 0.3) is 0 Å². The maximum absolute atomic E-state index is 6.26. The minimum absolute atomic E-state index is 0.294. The maximum Gasteiger partial charge on any atom is 0.135 e. The summed E-state index contributed by atoms with van der Waals surface area (Å²) in [5.74, 6) is 0.983. The minimum atomic E-state index is 0.294. The number of aromatic nitrogens is 1. The molecule has 2 nitrogen and oxygen atoms in total. The normalized spacial score (nSPS) is 16.0. The van der Waals surface area contributed by atoms with Gasteiger partial charge in [-0.3, -0.25) is 0 Å². The van der Waals surface area contributed by atoms with Crippen LogP contribution in [0.3, 0.4) is 0 Å².